The number of hydrogen-bond donors (Lipinski definition) is 1. The fourth-order valence-electron chi connectivity index (χ4n) is 6.63. The summed E-state index contributed by atoms with van der Waals surface area (Å²) in [4.78, 5) is 38.9. The molecule has 0 radical (unpaired) electrons. The predicted octanol–water partition coefficient (Wildman–Crippen LogP) is 3.05. The molecule has 0 unspecified atom stereocenters. The summed E-state index contributed by atoms with van der Waals surface area (Å²) in [5, 5.41) is 3.66. The normalized spacial score (nSPS) is 35.4. The van der Waals surface area contributed by atoms with Gasteiger partial charge in [-0.3, -0.25) is 14.9 Å². The van der Waals surface area contributed by atoms with Crippen LogP contribution in [-0.2, 0) is 14.3 Å². The number of rotatable bonds is 5. The van der Waals surface area contributed by atoms with Gasteiger partial charge in [-0.15, -0.1) is 0 Å². The molecule has 6 rings (SSSR count). The van der Waals surface area contributed by atoms with Gasteiger partial charge in [-0.2, -0.15) is 0 Å². The maximum atomic E-state index is 13.1. The van der Waals surface area contributed by atoms with E-state index in [9.17, 15) is 14.4 Å². The number of carbonyl (C=O) groups is 3. The van der Waals surface area contributed by atoms with Gasteiger partial charge in [0.25, 0.3) is 5.91 Å². The minimum atomic E-state index is -0.441. The molecule has 0 aromatic heterocycles. The van der Waals surface area contributed by atoms with Gasteiger partial charge in [0.15, 0.2) is 0 Å². The Labute approximate surface area is 171 Å². The third-order valence-electron chi connectivity index (χ3n) is 7.30. The van der Waals surface area contributed by atoms with Gasteiger partial charge in [-0.05, 0) is 87.5 Å². The lowest BCUT2D eigenvalue weighted by atomic mass is 9.53. The number of esters is 1. The van der Waals surface area contributed by atoms with Gasteiger partial charge in [-0.25, -0.2) is 9.69 Å². The lowest BCUT2D eigenvalue weighted by molar-refractivity contribution is -0.122. The molecular weight excluding hydrogens is 368 g/mol. The number of amides is 2. The summed E-state index contributed by atoms with van der Waals surface area (Å²) in [6.07, 6.45) is 7.67. The average Bonchev–Trinajstić information content (AvgIpc) is 2.93. The van der Waals surface area contributed by atoms with E-state index >= 15 is 0 Å². The van der Waals surface area contributed by atoms with E-state index in [1.165, 1.54) is 24.2 Å². The van der Waals surface area contributed by atoms with Crippen LogP contribution in [0.3, 0.4) is 0 Å². The van der Waals surface area contributed by atoms with Crippen LogP contribution in [0.2, 0.25) is 0 Å². The summed E-state index contributed by atoms with van der Waals surface area (Å²) >= 11 is 0. The molecule has 6 heteroatoms. The Bertz CT molecular complexity index is 812. The molecule has 29 heavy (non-hydrogen) atoms. The van der Waals surface area contributed by atoms with Crippen LogP contribution in [0.15, 0.2) is 24.3 Å². The summed E-state index contributed by atoms with van der Waals surface area (Å²) in [7, 11) is 0. The van der Waals surface area contributed by atoms with E-state index in [2.05, 4.69) is 5.32 Å². The Balaban J connectivity index is 1.31. The molecule has 4 aliphatic carbocycles. The highest BCUT2D eigenvalue weighted by Crippen LogP contribution is 2.55. The predicted molar refractivity (Wildman–Crippen MR) is 107 cm³/mol. The number of benzene rings is 1. The summed E-state index contributed by atoms with van der Waals surface area (Å²) in [5.41, 5.74) is 0.972. The number of imide groups is 1. The van der Waals surface area contributed by atoms with Gasteiger partial charge >= 0.3 is 5.97 Å². The average molecular weight is 396 g/mol. The molecule has 1 saturated heterocycles. The lowest BCUT2D eigenvalue weighted by Crippen LogP contribution is -2.61. The van der Waals surface area contributed by atoms with Gasteiger partial charge in [0.05, 0.1) is 30.3 Å². The largest absolute Gasteiger partial charge is 0.462 e. The van der Waals surface area contributed by atoms with E-state index in [0.717, 1.165) is 37.0 Å². The molecule has 4 saturated carbocycles. The molecule has 1 aromatic rings. The van der Waals surface area contributed by atoms with Crippen LogP contribution in [0.5, 0.6) is 0 Å². The Morgan fingerprint density at radius 2 is 1.66 bits per heavy atom. The first-order chi connectivity index (χ1) is 14.0. The van der Waals surface area contributed by atoms with E-state index < -0.39 is 12.0 Å². The van der Waals surface area contributed by atoms with Crippen molar-refractivity contribution in [2.24, 2.45) is 17.8 Å². The number of ether oxygens (including phenoxy) is 1. The number of carbonyl (C=O) groups excluding carboxylic acids is 3. The lowest BCUT2D eigenvalue weighted by Gasteiger charge is -2.57. The van der Waals surface area contributed by atoms with E-state index in [-0.39, 0.29) is 23.8 Å². The molecule has 0 spiro atoms. The van der Waals surface area contributed by atoms with Crippen LogP contribution in [0.25, 0.3) is 0 Å². The zero-order valence-corrected chi connectivity index (χ0v) is 16.9. The van der Waals surface area contributed by atoms with E-state index in [0.29, 0.717) is 17.9 Å². The maximum Gasteiger partial charge on any atom is 0.338 e. The highest BCUT2D eigenvalue weighted by atomic mass is 16.5. The van der Waals surface area contributed by atoms with Gasteiger partial charge in [-0.1, -0.05) is 0 Å². The Hall–Kier alpha value is -2.21. The first-order valence-electron chi connectivity index (χ1n) is 10.9. The monoisotopic (exact) mass is 396 g/mol. The SMILES string of the molecule is CCOC(=O)c1ccc(N2C(=O)C[C@@H](NC34CC5CC(CC(C5)C3)C4)C2=O)cc1. The van der Waals surface area contributed by atoms with Crippen molar-refractivity contribution in [3.8, 4) is 0 Å². The zero-order chi connectivity index (χ0) is 20.2. The van der Waals surface area contributed by atoms with Crippen molar-refractivity contribution < 1.29 is 19.1 Å². The quantitative estimate of drug-likeness (QED) is 0.612. The molecule has 1 atom stereocenters. The van der Waals surface area contributed by atoms with Crippen molar-refractivity contribution in [2.45, 2.75) is 63.5 Å². The molecule has 1 aliphatic heterocycles. The zero-order valence-electron chi connectivity index (χ0n) is 16.9. The molecule has 1 heterocycles. The fourth-order valence-corrected chi connectivity index (χ4v) is 6.63. The smallest absolute Gasteiger partial charge is 0.338 e. The van der Waals surface area contributed by atoms with E-state index in [4.69, 9.17) is 4.74 Å². The van der Waals surface area contributed by atoms with Crippen molar-refractivity contribution in [1.82, 2.24) is 5.32 Å². The van der Waals surface area contributed by atoms with Crippen LogP contribution in [0.4, 0.5) is 5.69 Å². The summed E-state index contributed by atoms with van der Waals surface area (Å²) in [6.45, 7) is 2.06. The standard InChI is InChI=1S/C23H28N2O4/c1-2-29-22(28)17-3-5-18(6-4-17)25-20(26)10-19(21(25)27)24-23-11-14-7-15(12-23)9-16(8-14)13-23/h3-6,14-16,19,24H,2,7-13H2,1H3/t14?,15?,16?,19-,23?/m1/s1. The van der Waals surface area contributed by atoms with Crippen molar-refractivity contribution in [1.29, 1.82) is 0 Å². The molecule has 1 aromatic carbocycles. The Kier molecular flexibility index (Phi) is 4.50. The first kappa shape index (κ1) is 18.8. The maximum absolute atomic E-state index is 13.1. The molecule has 5 fully saturated rings. The van der Waals surface area contributed by atoms with Gasteiger partial charge < -0.3 is 4.74 Å². The van der Waals surface area contributed by atoms with Gasteiger partial charge in [0.2, 0.25) is 5.91 Å². The first-order valence-corrected chi connectivity index (χ1v) is 10.9. The molecule has 1 N–H and O–H groups in total. The second-order valence-corrected chi connectivity index (χ2v) is 9.43. The minimum absolute atomic E-state index is 0.0408. The topological polar surface area (TPSA) is 75.7 Å². The number of anilines is 1. The van der Waals surface area contributed by atoms with Gasteiger partial charge in [0.1, 0.15) is 0 Å². The third kappa shape index (κ3) is 3.27. The molecule has 6 nitrogen and oxygen atoms in total. The summed E-state index contributed by atoms with van der Waals surface area (Å²) in [6, 6.07) is 6.06. The van der Waals surface area contributed by atoms with Crippen LogP contribution in [-0.4, -0.2) is 36.0 Å². The van der Waals surface area contributed by atoms with Crippen LogP contribution < -0.4 is 10.2 Å². The Morgan fingerprint density at radius 1 is 1.07 bits per heavy atom. The molecule has 154 valence electrons. The number of hydrogen-bond acceptors (Lipinski definition) is 5. The molecule has 5 aliphatic rings. The van der Waals surface area contributed by atoms with Crippen molar-refractivity contribution in [3.63, 3.8) is 0 Å². The van der Waals surface area contributed by atoms with Crippen molar-refractivity contribution in [3.05, 3.63) is 29.8 Å². The Morgan fingerprint density at radius 3 is 2.21 bits per heavy atom. The molecule has 4 bridgehead atoms. The summed E-state index contributed by atoms with van der Waals surface area (Å²) in [5.74, 6) is 1.60. The van der Waals surface area contributed by atoms with Crippen LogP contribution >= 0.6 is 0 Å². The van der Waals surface area contributed by atoms with E-state index in [1.54, 1.807) is 31.2 Å². The van der Waals surface area contributed by atoms with Crippen LogP contribution in [0.1, 0.15) is 62.2 Å². The molecule has 2 amide bonds. The minimum Gasteiger partial charge on any atom is -0.462 e. The number of nitrogens with one attached hydrogen (secondary N) is 1. The van der Waals surface area contributed by atoms with Gasteiger partial charge in [0, 0.05) is 5.54 Å². The van der Waals surface area contributed by atoms with Crippen molar-refractivity contribution >= 4 is 23.5 Å². The fraction of sp³-hybridized carbons (Fsp3) is 0.609. The third-order valence-corrected chi connectivity index (χ3v) is 7.30. The second-order valence-electron chi connectivity index (χ2n) is 9.43. The molecular formula is C23H28N2O4. The second kappa shape index (κ2) is 6.94. The highest BCUT2D eigenvalue weighted by molar-refractivity contribution is 6.22. The number of nitrogens with zero attached hydrogens (tertiary/aromatic N) is 1. The highest BCUT2D eigenvalue weighted by Gasteiger charge is 2.53. The van der Waals surface area contributed by atoms with Crippen molar-refractivity contribution in [2.75, 3.05) is 11.5 Å². The van der Waals surface area contributed by atoms with Crippen LogP contribution in [0, 0.1) is 17.8 Å². The summed E-state index contributed by atoms with van der Waals surface area (Å²) < 4.78 is 4.99. The van der Waals surface area contributed by atoms with E-state index in [1.807, 2.05) is 0 Å².